The molecule has 0 spiro atoms. The fourth-order valence-corrected chi connectivity index (χ4v) is 3.26. The summed E-state index contributed by atoms with van der Waals surface area (Å²) in [4.78, 5) is 0. The number of benzene rings is 3. The number of hydrogen-bond donors (Lipinski definition) is 0. The molecule has 0 aliphatic carbocycles. The first kappa shape index (κ1) is 23.2. The Labute approximate surface area is 185 Å². The molecule has 164 valence electrons. The fraction of sp³-hybridized carbons (Fsp3) is 0.333. The molecule has 0 saturated heterocycles. The smallest absolute Gasteiger partial charge is 0.0838 e. The second-order valence-corrected chi connectivity index (χ2v) is 7.51. The first-order chi connectivity index (χ1) is 15.3. The zero-order chi connectivity index (χ0) is 21.6. The lowest BCUT2D eigenvalue weighted by Gasteiger charge is -2.23. The van der Waals surface area contributed by atoms with E-state index in [-0.39, 0.29) is 12.2 Å². The van der Waals surface area contributed by atoms with E-state index >= 15 is 0 Å². The zero-order valence-corrected chi connectivity index (χ0v) is 18.2. The highest BCUT2D eigenvalue weighted by atomic mass is 16.5. The molecular weight excluding hydrogens is 388 g/mol. The summed E-state index contributed by atoms with van der Waals surface area (Å²) in [5.41, 5.74) is 3.45. The molecule has 0 bridgehead atoms. The molecule has 2 atom stereocenters. The van der Waals surface area contributed by atoms with Crippen molar-refractivity contribution in [2.45, 2.75) is 38.4 Å². The van der Waals surface area contributed by atoms with Crippen LogP contribution in [0, 0.1) is 0 Å². The third kappa shape index (κ3) is 9.03. The Morgan fingerprint density at radius 1 is 0.548 bits per heavy atom. The van der Waals surface area contributed by atoms with Gasteiger partial charge in [-0.2, -0.15) is 0 Å². The maximum absolute atomic E-state index is 6.20. The van der Waals surface area contributed by atoms with Crippen LogP contribution in [0.3, 0.4) is 0 Å². The largest absolute Gasteiger partial charge is 0.379 e. The van der Waals surface area contributed by atoms with Crippen LogP contribution in [0.4, 0.5) is 0 Å². The molecular formula is C27H32O4. The van der Waals surface area contributed by atoms with Crippen molar-refractivity contribution in [3.8, 4) is 0 Å². The molecule has 3 aromatic rings. The van der Waals surface area contributed by atoms with Crippen LogP contribution < -0.4 is 0 Å². The van der Waals surface area contributed by atoms with E-state index in [1.165, 1.54) is 0 Å². The average molecular weight is 421 g/mol. The van der Waals surface area contributed by atoms with Gasteiger partial charge in [-0.15, -0.1) is 0 Å². The van der Waals surface area contributed by atoms with E-state index in [2.05, 4.69) is 36.4 Å². The highest BCUT2D eigenvalue weighted by Crippen LogP contribution is 2.13. The van der Waals surface area contributed by atoms with Gasteiger partial charge in [-0.25, -0.2) is 0 Å². The van der Waals surface area contributed by atoms with Crippen LogP contribution in [0.1, 0.15) is 23.1 Å². The fourth-order valence-electron chi connectivity index (χ4n) is 3.26. The Bertz CT molecular complexity index is 824. The van der Waals surface area contributed by atoms with E-state index in [0.717, 1.165) is 16.7 Å². The number of ether oxygens (including phenoxy) is 4. The van der Waals surface area contributed by atoms with Gasteiger partial charge in [0.15, 0.2) is 0 Å². The molecule has 31 heavy (non-hydrogen) atoms. The van der Waals surface area contributed by atoms with Crippen molar-refractivity contribution in [2.75, 3.05) is 20.3 Å². The Morgan fingerprint density at radius 3 is 1.42 bits per heavy atom. The van der Waals surface area contributed by atoms with E-state index < -0.39 is 0 Å². The molecule has 3 rings (SSSR count). The van der Waals surface area contributed by atoms with Gasteiger partial charge in [-0.1, -0.05) is 91.0 Å². The predicted octanol–water partition coefficient (Wildman–Crippen LogP) is 5.41. The standard InChI is InChI=1S/C27H32O4/c1-28-26(21-29-18-23-11-5-2-6-12-23)17-27(31-20-25-15-9-4-10-16-25)22-30-19-24-13-7-3-8-14-24/h2-16,26-27H,17-22H2,1H3/t26-,27-/m0/s1. The molecule has 3 aromatic carbocycles. The molecule has 0 heterocycles. The second kappa shape index (κ2) is 13.7. The Balaban J connectivity index is 1.50. The van der Waals surface area contributed by atoms with Gasteiger partial charge < -0.3 is 18.9 Å². The summed E-state index contributed by atoms with van der Waals surface area (Å²) in [7, 11) is 1.72. The van der Waals surface area contributed by atoms with E-state index in [1.54, 1.807) is 7.11 Å². The van der Waals surface area contributed by atoms with Gasteiger partial charge in [0.2, 0.25) is 0 Å². The first-order valence-electron chi connectivity index (χ1n) is 10.7. The third-order valence-corrected chi connectivity index (χ3v) is 5.02. The van der Waals surface area contributed by atoms with Gasteiger partial charge in [0.25, 0.3) is 0 Å². The van der Waals surface area contributed by atoms with Crippen LogP contribution >= 0.6 is 0 Å². The lowest BCUT2D eigenvalue weighted by molar-refractivity contribution is -0.0734. The SMILES string of the molecule is CO[C@H](COCc1ccccc1)C[C@@H](COCc1ccccc1)OCc1ccccc1. The zero-order valence-electron chi connectivity index (χ0n) is 18.2. The highest BCUT2D eigenvalue weighted by Gasteiger charge is 2.18. The molecule has 0 radical (unpaired) electrons. The van der Waals surface area contributed by atoms with E-state index in [4.69, 9.17) is 18.9 Å². The molecule has 0 aromatic heterocycles. The van der Waals surface area contributed by atoms with Crippen molar-refractivity contribution in [2.24, 2.45) is 0 Å². The lowest BCUT2D eigenvalue weighted by Crippen LogP contribution is -2.29. The Morgan fingerprint density at radius 2 is 0.968 bits per heavy atom. The molecule has 0 amide bonds. The molecule has 0 saturated carbocycles. The Kier molecular flexibility index (Phi) is 10.3. The van der Waals surface area contributed by atoms with E-state index in [9.17, 15) is 0 Å². The van der Waals surface area contributed by atoms with E-state index in [1.807, 2.05) is 54.6 Å². The topological polar surface area (TPSA) is 36.9 Å². The summed E-state index contributed by atoms with van der Waals surface area (Å²) >= 11 is 0. The molecule has 4 heteroatoms. The normalized spacial score (nSPS) is 13.1. The van der Waals surface area contributed by atoms with Gasteiger partial charge in [0.05, 0.1) is 45.2 Å². The maximum Gasteiger partial charge on any atom is 0.0838 e. The summed E-state index contributed by atoms with van der Waals surface area (Å²) in [5.74, 6) is 0. The highest BCUT2D eigenvalue weighted by molar-refractivity contribution is 5.14. The Hall–Kier alpha value is -2.50. The van der Waals surface area contributed by atoms with Gasteiger partial charge in [0.1, 0.15) is 0 Å². The number of rotatable bonds is 14. The van der Waals surface area contributed by atoms with Gasteiger partial charge in [0, 0.05) is 13.5 Å². The third-order valence-electron chi connectivity index (χ3n) is 5.02. The monoisotopic (exact) mass is 420 g/mol. The molecule has 0 unspecified atom stereocenters. The van der Waals surface area contributed by atoms with Crippen molar-refractivity contribution in [3.63, 3.8) is 0 Å². The first-order valence-corrected chi connectivity index (χ1v) is 10.7. The van der Waals surface area contributed by atoms with Crippen molar-refractivity contribution in [1.82, 2.24) is 0 Å². The van der Waals surface area contributed by atoms with Crippen molar-refractivity contribution < 1.29 is 18.9 Å². The van der Waals surface area contributed by atoms with Crippen molar-refractivity contribution >= 4 is 0 Å². The van der Waals surface area contributed by atoms with Crippen LogP contribution in [-0.4, -0.2) is 32.5 Å². The maximum atomic E-state index is 6.20. The van der Waals surface area contributed by atoms with Crippen molar-refractivity contribution in [3.05, 3.63) is 108 Å². The predicted molar refractivity (Wildman–Crippen MR) is 123 cm³/mol. The van der Waals surface area contributed by atoms with E-state index in [0.29, 0.717) is 39.5 Å². The van der Waals surface area contributed by atoms with Crippen molar-refractivity contribution in [1.29, 1.82) is 0 Å². The van der Waals surface area contributed by atoms with Gasteiger partial charge in [-0.3, -0.25) is 0 Å². The van der Waals surface area contributed by atoms with Gasteiger partial charge >= 0.3 is 0 Å². The molecule has 0 N–H and O–H groups in total. The van der Waals surface area contributed by atoms with Crippen LogP contribution in [0.15, 0.2) is 91.0 Å². The lowest BCUT2D eigenvalue weighted by atomic mass is 10.1. The average Bonchev–Trinajstić information content (AvgIpc) is 2.83. The van der Waals surface area contributed by atoms with Crippen LogP contribution in [-0.2, 0) is 38.8 Å². The van der Waals surface area contributed by atoms with Crippen LogP contribution in [0.2, 0.25) is 0 Å². The molecule has 0 aliphatic rings. The number of hydrogen-bond acceptors (Lipinski definition) is 4. The van der Waals surface area contributed by atoms with Crippen LogP contribution in [0.25, 0.3) is 0 Å². The number of methoxy groups -OCH3 is 1. The summed E-state index contributed by atoms with van der Waals surface area (Å²) in [5, 5.41) is 0. The minimum atomic E-state index is -0.0887. The second-order valence-electron chi connectivity index (χ2n) is 7.51. The summed E-state index contributed by atoms with van der Waals surface area (Å²) < 4.78 is 23.7. The quantitative estimate of drug-likeness (QED) is 0.349. The molecule has 0 fully saturated rings. The minimum absolute atomic E-state index is 0.0650. The summed E-state index contributed by atoms with van der Waals surface area (Å²) in [6, 6.07) is 30.5. The van der Waals surface area contributed by atoms with Crippen LogP contribution in [0.5, 0.6) is 0 Å². The summed E-state index contributed by atoms with van der Waals surface area (Å²) in [6.07, 6.45) is 0.548. The minimum Gasteiger partial charge on any atom is -0.379 e. The summed E-state index contributed by atoms with van der Waals surface area (Å²) in [6.45, 7) is 2.69. The van der Waals surface area contributed by atoms with Gasteiger partial charge in [-0.05, 0) is 16.7 Å². The molecule has 4 nitrogen and oxygen atoms in total. The molecule has 0 aliphatic heterocycles.